The van der Waals surface area contributed by atoms with Gasteiger partial charge in [0, 0.05) is 39.9 Å². The van der Waals surface area contributed by atoms with Gasteiger partial charge in [-0.2, -0.15) is 0 Å². The molecular formula is C22H37N3O2. The van der Waals surface area contributed by atoms with Crippen LogP contribution in [0.2, 0.25) is 0 Å². The molecule has 5 nitrogen and oxygen atoms in total. The molecule has 1 aliphatic rings. The molecule has 0 aromatic heterocycles. The fourth-order valence-electron chi connectivity index (χ4n) is 3.23. The second-order valence-electron chi connectivity index (χ2n) is 7.57. The van der Waals surface area contributed by atoms with E-state index in [1.807, 2.05) is 18.2 Å². The topological polar surface area (TPSA) is 46.1 Å². The van der Waals surface area contributed by atoms with E-state index in [1.54, 1.807) is 0 Å². The van der Waals surface area contributed by atoms with E-state index in [1.165, 1.54) is 24.8 Å². The molecule has 5 heteroatoms. The predicted octanol–water partition coefficient (Wildman–Crippen LogP) is 3.55. The first-order valence-corrected chi connectivity index (χ1v) is 10.4. The zero-order valence-corrected chi connectivity index (χ0v) is 17.3. The number of hydrogen-bond donors (Lipinski definition) is 1. The van der Waals surface area contributed by atoms with Gasteiger partial charge in [-0.3, -0.25) is 4.99 Å². The number of guanidine groups is 1. The quantitative estimate of drug-likeness (QED) is 0.502. The summed E-state index contributed by atoms with van der Waals surface area (Å²) in [5.41, 5.74) is 1.22. The number of nitrogens with one attached hydrogen (secondary N) is 1. The maximum atomic E-state index is 5.85. The molecule has 0 saturated carbocycles. The highest BCUT2D eigenvalue weighted by Crippen LogP contribution is 2.18. The number of benzene rings is 1. The van der Waals surface area contributed by atoms with Gasteiger partial charge in [0.2, 0.25) is 0 Å². The number of rotatable bonds is 10. The van der Waals surface area contributed by atoms with Crippen molar-refractivity contribution in [1.29, 1.82) is 0 Å². The summed E-state index contributed by atoms with van der Waals surface area (Å²) in [6.45, 7) is 10.2. The van der Waals surface area contributed by atoms with E-state index >= 15 is 0 Å². The van der Waals surface area contributed by atoms with E-state index in [0.29, 0.717) is 12.5 Å². The van der Waals surface area contributed by atoms with Crippen molar-refractivity contribution in [2.24, 2.45) is 16.8 Å². The first-order chi connectivity index (χ1) is 13.2. The van der Waals surface area contributed by atoms with Gasteiger partial charge in [0.05, 0.1) is 13.2 Å². The molecule has 2 rings (SSSR count). The molecule has 0 aliphatic carbocycles. The molecular weight excluding hydrogens is 338 g/mol. The van der Waals surface area contributed by atoms with Gasteiger partial charge in [-0.15, -0.1) is 0 Å². The minimum atomic E-state index is 0.395. The lowest BCUT2D eigenvalue weighted by molar-refractivity contribution is 0.0625. The molecule has 0 amide bonds. The van der Waals surface area contributed by atoms with Gasteiger partial charge in [-0.05, 0) is 43.6 Å². The van der Waals surface area contributed by atoms with Crippen molar-refractivity contribution in [3.05, 3.63) is 35.9 Å². The lowest BCUT2D eigenvalue weighted by Gasteiger charge is -2.27. The van der Waals surface area contributed by atoms with E-state index in [2.05, 4.69) is 43.2 Å². The molecule has 1 fully saturated rings. The maximum Gasteiger partial charge on any atom is 0.193 e. The Morgan fingerprint density at radius 1 is 1.30 bits per heavy atom. The van der Waals surface area contributed by atoms with Crippen molar-refractivity contribution in [3.8, 4) is 0 Å². The Balaban J connectivity index is 1.71. The second kappa shape index (κ2) is 12.7. The van der Waals surface area contributed by atoms with Crippen LogP contribution >= 0.6 is 0 Å². The summed E-state index contributed by atoms with van der Waals surface area (Å²) in [5, 5.41) is 3.42. The molecule has 1 aliphatic heterocycles. The molecule has 1 saturated heterocycles. The monoisotopic (exact) mass is 375 g/mol. The molecule has 0 radical (unpaired) electrons. The van der Waals surface area contributed by atoms with Crippen molar-refractivity contribution in [2.75, 3.05) is 46.5 Å². The van der Waals surface area contributed by atoms with Crippen molar-refractivity contribution >= 4 is 5.96 Å². The molecule has 0 bridgehead atoms. The Morgan fingerprint density at radius 3 is 2.74 bits per heavy atom. The molecule has 0 spiro atoms. The highest BCUT2D eigenvalue weighted by molar-refractivity contribution is 5.79. The predicted molar refractivity (Wildman–Crippen MR) is 112 cm³/mol. The Kier molecular flexibility index (Phi) is 10.2. The van der Waals surface area contributed by atoms with Gasteiger partial charge in [0.1, 0.15) is 0 Å². The van der Waals surface area contributed by atoms with E-state index in [0.717, 1.165) is 51.3 Å². The average Bonchev–Trinajstić information content (AvgIpc) is 2.71. The van der Waals surface area contributed by atoms with Crippen LogP contribution in [-0.2, 0) is 16.1 Å². The van der Waals surface area contributed by atoms with Gasteiger partial charge in [0.15, 0.2) is 5.96 Å². The van der Waals surface area contributed by atoms with Gasteiger partial charge >= 0.3 is 0 Å². The van der Waals surface area contributed by atoms with Crippen LogP contribution in [0.5, 0.6) is 0 Å². The largest absolute Gasteiger partial charge is 0.381 e. The fourth-order valence-corrected chi connectivity index (χ4v) is 3.23. The second-order valence-corrected chi connectivity index (χ2v) is 7.57. The number of aliphatic imine (C=N–C) groups is 1. The summed E-state index contributed by atoms with van der Waals surface area (Å²) in [7, 11) is 2.14. The Bertz CT molecular complexity index is 530. The van der Waals surface area contributed by atoms with Gasteiger partial charge < -0.3 is 19.7 Å². The van der Waals surface area contributed by atoms with Gasteiger partial charge in [-0.25, -0.2) is 0 Å². The highest BCUT2D eigenvalue weighted by Gasteiger charge is 2.15. The SMILES string of the molecule is CCNC(=NCC(C)COCc1ccccc1)N(C)CCC1CCOCC1. The summed E-state index contributed by atoms with van der Waals surface area (Å²) in [6, 6.07) is 10.3. The van der Waals surface area contributed by atoms with E-state index in [-0.39, 0.29) is 0 Å². The summed E-state index contributed by atoms with van der Waals surface area (Å²) in [5.74, 6) is 2.18. The number of nitrogens with zero attached hydrogens (tertiary/aromatic N) is 2. The standard InChI is InChI=1S/C22H37N3O2/c1-4-23-22(25(3)13-10-20-11-14-26-15-12-20)24-16-19(2)17-27-18-21-8-6-5-7-9-21/h5-9,19-20H,4,10-18H2,1-3H3,(H,23,24). The van der Waals surface area contributed by atoms with Crippen LogP contribution in [0.3, 0.4) is 0 Å². The zero-order chi connectivity index (χ0) is 19.3. The maximum absolute atomic E-state index is 5.85. The zero-order valence-electron chi connectivity index (χ0n) is 17.3. The summed E-state index contributed by atoms with van der Waals surface area (Å²) in [6.07, 6.45) is 3.59. The van der Waals surface area contributed by atoms with E-state index in [9.17, 15) is 0 Å². The fraction of sp³-hybridized carbons (Fsp3) is 0.682. The van der Waals surface area contributed by atoms with Crippen molar-refractivity contribution in [3.63, 3.8) is 0 Å². The minimum absolute atomic E-state index is 0.395. The Hall–Kier alpha value is -1.59. The van der Waals surface area contributed by atoms with Crippen LogP contribution in [0.25, 0.3) is 0 Å². The third-order valence-corrected chi connectivity index (χ3v) is 4.98. The van der Waals surface area contributed by atoms with Crippen LogP contribution in [0.4, 0.5) is 0 Å². The van der Waals surface area contributed by atoms with Gasteiger partial charge in [0.25, 0.3) is 0 Å². The Morgan fingerprint density at radius 2 is 2.04 bits per heavy atom. The first-order valence-electron chi connectivity index (χ1n) is 10.4. The third-order valence-electron chi connectivity index (χ3n) is 4.98. The van der Waals surface area contributed by atoms with Crippen molar-refractivity contribution < 1.29 is 9.47 Å². The Labute approximate surface area is 165 Å². The van der Waals surface area contributed by atoms with Crippen molar-refractivity contribution in [2.45, 2.75) is 39.7 Å². The normalized spacial score (nSPS) is 16.9. The van der Waals surface area contributed by atoms with Crippen LogP contribution < -0.4 is 5.32 Å². The molecule has 1 aromatic carbocycles. The smallest absolute Gasteiger partial charge is 0.193 e. The van der Waals surface area contributed by atoms with Gasteiger partial charge in [-0.1, -0.05) is 37.3 Å². The number of ether oxygens (including phenoxy) is 2. The van der Waals surface area contributed by atoms with Crippen LogP contribution in [0, 0.1) is 11.8 Å². The summed E-state index contributed by atoms with van der Waals surface area (Å²) < 4.78 is 11.3. The first kappa shape index (κ1) is 21.7. The molecule has 1 atom stereocenters. The lowest BCUT2D eigenvalue weighted by atomic mass is 9.96. The average molecular weight is 376 g/mol. The lowest BCUT2D eigenvalue weighted by Crippen LogP contribution is -2.40. The minimum Gasteiger partial charge on any atom is -0.381 e. The molecule has 1 unspecified atom stereocenters. The summed E-state index contributed by atoms with van der Waals surface area (Å²) >= 11 is 0. The summed E-state index contributed by atoms with van der Waals surface area (Å²) in [4.78, 5) is 7.09. The van der Waals surface area contributed by atoms with Crippen molar-refractivity contribution in [1.82, 2.24) is 10.2 Å². The van der Waals surface area contributed by atoms with Crippen LogP contribution in [0.15, 0.2) is 35.3 Å². The van der Waals surface area contributed by atoms with Crippen LogP contribution in [0.1, 0.15) is 38.7 Å². The molecule has 1 heterocycles. The molecule has 1 N–H and O–H groups in total. The van der Waals surface area contributed by atoms with E-state index < -0.39 is 0 Å². The van der Waals surface area contributed by atoms with Crippen LogP contribution in [-0.4, -0.2) is 57.4 Å². The van der Waals surface area contributed by atoms with E-state index in [4.69, 9.17) is 14.5 Å². The highest BCUT2D eigenvalue weighted by atomic mass is 16.5. The molecule has 27 heavy (non-hydrogen) atoms. The molecule has 152 valence electrons. The number of hydrogen-bond acceptors (Lipinski definition) is 3. The third kappa shape index (κ3) is 8.76. The molecule has 1 aromatic rings.